The van der Waals surface area contributed by atoms with Crippen LogP contribution in [0.2, 0.25) is 0 Å². The molecule has 2 aliphatic rings. The fourth-order valence-electron chi connectivity index (χ4n) is 5.09. The predicted molar refractivity (Wildman–Crippen MR) is 129 cm³/mol. The molecule has 4 N–H and O–H groups in total. The van der Waals surface area contributed by atoms with Crippen molar-refractivity contribution in [1.82, 2.24) is 40.1 Å². The number of nitrogen functional groups attached to an aromatic ring is 1. The van der Waals surface area contributed by atoms with Gasteiger partial charge in [-0.1, -0.05) is 17.3 Å². The first-order chi connectivity index (χ1) is 17.1. The van der Waals surface area contributed by atoms with Crippen LogP contribution in [0.25, 0.3) is 11.0 Å². The second-order valence-corrected chi connectivity index (χ2v) is 9.12. The number of aryl methyl sites for hydroxylation is 1. The van der Waals surface area contributed by atoms with Crippen LogP contribution >= 0.6 is 0 Å². The molecule has 4 aromatic rings. The molecule has 0 saturated carbocycles. The van der Waals surface area contributed by atoms with Crippen molar-refractivity contribution in [3.63, 3.8) is 0 Å². The molecule has 2 saturated heterocycles. The van der Waals surface area contributed by atoms with Crippen LogP contribution in [0.4, 0.5) is 11.8 Å². The molecule has 0 radical (unpaired) electrons. The smallest absolute Gasteiger partial charge is 0.223 e. The minimum Gasteiger partial charge on any atom is -0.496 e. The molecule has 3 aromatic heterocycles. The number of rotatable bonds is 8. The van der Waals surface area contributed by atoms with Crippen LogP contribution in [0, 0.1) is 6.92 Å². The Bertz CT molecular complexity index is 1370. The summed E-state index contributed by atoms with van der Waals surface area (Å²) >= 11 is 0. The van der Waals surface area contributed by atoms with Crippen molar-refractivity contribution in [1.29, 1.82) is 0 Å². The Morgan fingerprint density at radius 3 is 2.91 bits per heavy atom. The number of fused-ring (bicyclic) bond motifs is 3. The van der Waals surface area contributed by atoms with Crippen molar-refractivity contribution in [3.8, 4) is 5.75 Å². The van der Waals surface area contributed by atoms with Crippen LogP contribution < -0.4 is 21.1 Å². The van der Waals surface area contributed by atoms with Crippen molar-refractivity contribution >= 4 is 22.8 Å². The summed E-state index contributed by atoms with van der Waals surface area (Å²) in [6.45, 7) is 5.70. The molecule has 12 nitrogen and oxygen atoms in total. The molecule has 12 heteroatoms. The fraction of sp³-hybridized carbons (Fsp3) is 0.435. The Morgan fingerprint density at radius 1 is 1.26 bits per heavy atom. The van der Waals surface area contributed by atoms with Gasteiger partial charge < -0.3 is 25.6 Å². The number of methoxy groups -OCH3 is 1. The van der Waals surface area contributed by atoms with Gasteiger partial charge in [-0.25, -0.2) is 4.98 Å². The zero-order valence-electron chi connectivity index (χ0n) is 19.7. The summed E-state index contributed by atoms with van der Waals surface area (Å²) in [6.07, 6.45) is 2.94. The van der Waals surface area contributed by atoms with Gasteiger partial charge in [0.15, 0.2) is 11.6 Å². The van der Waals surface area contributed by atoms with Crippen LogP contribution in [0.1, 0.15) is 29.3 Å². The van der Waals surface area contributed by atoms with Crippen molar-refractivity contribution in [2.75, 3.05) is 31.2 Å². The first kappa shape index (κ1) is 21.7. The lowest BCUT2D eigenvalue weighted by molar-refractivity contribution is 0.217. The normalized spacial score (nSPS) is 19.6. The number of likely N-dealkylation sites (tertiary alicyclic amines) is 1. The lowest BCUT2D eigenvalue weighted by Crippen LogP contribution is -2.42. The van der Waals surface area contributed by atoms with E-state index in [2.05, 4.69) is 58.9 Å². The van der Waals surface area contributed by atoms with E-state index >= 15 is 0 Å². The van der Waals surface area contributed by atoms with Crippen LogP contribution in [-0.2, 0) is 19.6 Å². The number of aromatic nitrogens is 6. The van der Waals surface area contributed by atoms with Crippen molar-refractivity contribution in [2.24, 2.45) is 0 Å². The molecule has 182 valence electrons. The van der Waals surface area contributed by atoms with Gasteiger partial charge in [-0.05, 0) is 18.1 Å². The SMILES string of the molecule is COc1cc(CN2C[C@@H]3C[C@H]2CN3)ccc1Cn1ncc2nc(N)nc(NCc3noc(C)n3)c21. The molecule has 0 spiro atoms. The molecule has 0 unspecified atom stereocenters. The van der Waals surface area contributed by atoms with E-state index in [1.807, 2.05) is 4.68 Å². The highest BCUT2D eigenvalue weighted by molar-refractivity contribution is 5.86. The average molecular weight is 477 g/mol. The Kier molecular flexibility index (Phi) is 5.46. The maximum Gasteiger partial charge on any atom is 0.223 e. The molecule has 6 rings (SSSR count). The van der Waals surface area contributed by atoms with Gasteiger partial charge in [0.05, 0.1) is 26.4 Å². The van der Waals surface area contributed by atoms with Gasteiger partial charge in [0.25, 0.3) is 0 Å². The molecular weight excluding hydrogens is 448 g/mol. The van der Waals surface area contributed by atoms with Crippen LogP contribution in [0.15, 0.2) is 28.9 Å². The highest BCUT2D eigenvalue weighted by Gasteiger charge is 2.37. The monoisotopic (exact) mass is 476 g/mol. The van der Waals surface area contributed by atoms with E-state index < -0.39 is 0 Å². The molecule has 35 heavy (non-hydrogen) atoms. The van der Waals surface area contributed by atoms with Crippen LogP contribution in [0.3, 0.4) is 0 Å². The molecule has 2 fully saturated rings. The van der Waals surface area contributed by atoms with Crippen LogP contribution in [0.5, 0.6) is 5.75 Å². The minimum atomic E-state index is 0.164. The molecule has 1 aromatic carbocycles. The lowest BCUT2D eigenvalue weighted by Gasteiger charge is -2.27. The van der Waals surface area contributed by atoms with Crippen molar-refractivity contribution in [2.45, 2.75) is 45.1 Å². The molecule has 5 heterocycles. The van der Waals surface area contributed by atoms with Gasteiger partial charge in [-0.3, -0.25) is 9.58 Å². The van der Waals surface area contributed by atoms with E-state index in [0.29, 0.717) is 48.2 Å². The number of nitrogens with two attached hydrogens (primary N) is 1. The van der Waals surface area contributed by atoms with Gasteiger partial charge in [-0.15, -0.1) is 0 Å². The number of nitrogens with one attached hydrogen (secondary N) is 2. The molecule has 0 aliphatic carbocycles. The van der Waals surface area contributed by atoms with E-state index in [1.54, 1.807) is 20.2 Å². The number of ether oxygens (including phenoxy) is 1. The Balaban J connectivity index is 1.25. The maximum atomic E-state index is 5.93. The van der Waals surface area contributed by atoms with Gasteiger partial charge in [0.2, 0.25) is 11.8 Å². The van der Waals surface area contributed by atoms with Crippen molar-refractivity contribution < 1.29 is 9.26 Å². The third-order valence-corrected chi connectivity index (χ3v) is 6.72. The summed E-state index contributed by atoms with van der Waals surface area (Å²) in [6, 6.07) is 7.69. The Morgan fingerprint density at radius 2 is 2.17 bits per heavy atom. The van der Waals surface area contributed by atoms with E-state index in [-0.39, 0.29) is 5.95 Å². The minimum absolute atomic E-state index is 0.164. The van der Waals surface area contributed by atoms with Gasteiger partial charge in [0, 0.05) is 44.2 Å². The molecule has 2 bridgehead atoms. The zero-order valence-corrected chi connectivity index (χ0v) is 19.7. The highest BCUT2D eigenvalue weighted by atomic mass is 16.5. The molecule has 2 atom stereocenters. The summed E-state index contributed by atoms with van der Waals surface area (Å²) in [5.41, 5.74) is 9.59. The summed E-state index contributed by atoms with van der Waals surface area (Å²) in [5.74, 6) is 2.58. The standard InChI is InChI=1S/C23H28N10O2/c1-13-28-20(31-35-13)9-26-22-21-18(29-23(24)30-22)8-27-33(21)11-15-4-3-14(5-19(15)34-2)10-32-12-16-6-17(32)7-25-16/h3-5,8,16-17,25H,6-7,9-12H2,1-2H3,(H3,24,26,29,30)/t16-,17-/m0/s1. The highest BCUT2D eigenvalue weighted by Crippen LogP contribution is 2.29. The Hall–Kier alpha value is -3.77. The summed E-state index contributed by atoms with van der Waals surface area (Å²) in [4.78, 5) is 15.5. The Labute approximate surface area is 201 Å². The molecule has 2 aliphatic heterocycles. The van der Waals surface area contributed by atoms with Gasteiger partial charge in [0.1, 0.15) is 16.8 Å². The number of hydrogen-bond donors (Lipinski definition) is 3. The largest absolute Gasteiger partial charge is 0.496 e. The van der Waals surface area contributed by atoms with Gasteiger partial charge in [-0.2, -0.15) is 15.1 Å². The fourth-order valence-corrected chi connectivity index (χ4v) is 5.09. The molecule has 0 amide bonds. The lowest BCUT2D eigenvalue weighted by atomic mass is 10.1. The number of piperazine rings is 1. The topological polar surface area (TPSA) is 145 Å². The van der Waals surface area contributed by atoms with E-state index in [0.717, 1.165) is 36.5 Å². The summed E-state index contributed by atoms with van der Waals surface area (Å²) < 4.78 is 12.7. The first-order valence-electron chi connectivity index (χ1n) is 11.7. The number of anilines is 2. The summed E-state index contributed by atoms with van der Waals surface area (Å²) in [7, 11) is 1.70. The third kappa shape index (κ3) is 4.26. The van der Waals surface area contributed by atoms with E-state index in [4.69, 9.17) is 15.0 Å². The summed E-state index contributed by atoms with van der Waals surface area (Å²) in [5, 5.41) is 15.3. The molecular formula is C23H28N10O2. The number of hydrogen-bond acceptors (Lipinski definition) is 11. The van der Waals surface area contributed by atoms with Gasteiger partial charge >= 0.3 is 0 Å². The van der Waals surface area contributed by atoms with Crippen molar-refractivity contribution in [3.05, 3.63) is 47.2 Å². The second kappa shape index (κ2) is 8.78. The van der Waals surface area contributed by atoms with Crippen LogP contribution in [-0.4, -0.2) is 67.1 Å². The van der Waals surface area contributed by atoms with E-state index in [9.17, 15) is 0 Å². The second-order valence-electron chi connectivity index (χ2n) is 9.12. The number of nitrogens with zero attached hydrogens (tertiary/aromatic N) is 7. The number of benzene rings is 1. The first-order valence-corrected chi connectivity index (χ1v) is 11.7. The average Bonchev–Trinajstić information content (AvgIpc) is 3.64. The third-order valence-electron chi connectivity index (χ3n) is 6.72. The maximum absolute atomic E-state index is 5.93. The predicted octanol–water partition coefficient (Wildman–Crippen LogP) is 1.32. The quantitative estimate of drug-likeness (QED) is 0.338. The zero-order chi connectivity index (χ0) is 23.9. The van der Waals surface area contributed by atoms with E-state index in [1.165, 1.54) is 12.0 Å².